The van der Waals surface area contributed by atoms with Crippen LogP contribution in [0.2, 0.25) is 0 Å². The zero-order valence-electron chi connectivity index (χ0n) is 11.7. The average Bonchev–Trinajstić information content (AvgIpc) is 2.95. The molecule has 0 bridgehead atoms. The lowest BCUT2D eigenvalue weighted by atomic mass is 9.99. The Morgan fingerprint density at radius 1 is 1.32 bits per heavy atom. The second-order valence-corrected chi connectivity index (χ2v) is 4.80. The van der Waals surface area contributed by atoms with Gasteiger partial charge < -0.3 is 10.6 Å². The van der Waals surface area contributed by atoms with Gasteiger partial charge in [0.25, 0.3) is 0 Å². The molecule has 1 aliphatic rings. The summed E-state index contributed by atoms with van der Waals surface area (Å²) in [5.41, 5.74) is 2.60. The highest BCUT2D eigenvalue weighted by atomic mass is 35.5. The number of carbonyl (C=O) groups is 1. The maximum Gasteiger partial charge on any atom is 0.230 e. The van der Waals surface area contributed by atoms with Gasteiger partial charge in [-0.25, -0.2) is 4.39 Å². The number of aromatic nitrogens is 2. The molecule has 0 atom stereocenters. The Labute approximate surface area is 139 Å². The average molecular weight is 347 g/mol. The Balaban J connectivity index is 0.00000121. The Morgan fingerprint density at radius 2 is 2.14 bits per heavy atom. The van der Waals surface area contributed by atoms with E-state index in [1.165, 1.54) is 0 Å². The first-order valence-corrected chi connectivity index (χ1v) is 6.53. The zero-order valence-corrected chi connectivity index (χ0v) is 13.3. The molecule has 0 fully saturated rings. The van der Waals surface area contributed by atoms with Gasteiger partial charge in [-0.2, -0.15) is 5.10 Å². The number of carbonyl (C=O) groups excluding carboxylic acids is 1. The van der Waals surface area contributed by atoms with Crippen LogP contribution in [0.4, 0.5) is 10.1 Å². The van der Waals surface area contributed by atoms with Crippen LogP contribution >= 0.6 is 24.8 Å². The van der Waals surface area contributed by atoms with Crippen LogP contribution in [-0.4, -0.2) is 22.6 Å². The quantitative estimate of drug-likeness (QED) is 0.797. The summed E-state index contributed by atoms with van der Waals surface area (Å²) in [6.45, 7) is 1.43. The van der Waals surface area contributed by atoms with Crippen molar-refractivity contribution in [2.75, 3.05) is 11.9 Å². The first kappa shape index (κ1) is 18.4. The van der Waals surface area contributed by atoms with E-state index in [2.05, 4.69) is 20.8 Å². The molecule has 3 N–H and O–H groups in total. The highest BCUT2D eigenvalue weighted by Gasteiger charge is 2.17. The number of anilines is 1. The van der Waals surface area contributed by atoms with Gasteiger partial charge in [0.05, 0.1) is 12.1 Å². The molecule has 8 heteroatoms. The van der Waals surface area contributed by atoms with E-state index in [-0.39, 0.29) is 48.6 Å². The number of halogens is 3. The van der Waals surface area contributed by atoms with E-state index in [4.69, 9.17) is 0 Å². The van der Waals surface area contributed by atoms with Gasteiger partial charge in [-0.05, 0) is 36.2 Å². The van der Waals surface area contributed by atoms with Crippen molar-refractivity contribution >= 4 is 36.4 Å². The molecule has 1 aromatic heterocycles. The summed E-state index contributed by atoms with van der Waals surface area (Å²) in [4.78, 5) is 11.9. The van der Waals surface area contributed by atoms with Crippen molar-refractivity contribution in [3.05, 3.63) is 47.0 Å². The Bertz CT molecular complexity index is 634. The molecule has 2 heterocycles. The van der Waals surface area contributed by atoms with E-state index in [1.807, 2.05) is 6.07 Å². The number of fused-ring (bicyclic) bond motifs is 1. The van der Waals surface area contributed by atoms with E-state index in [9.17, 15) is 9.18 Å². The number of benzene rings is 1. The summed E-state index contributed by atoms with van der Waals surface area (Å²) in [6, 6.07) is 5.19. The fourth-order valence-corrected chi connectivity index (χ4v) is 2.38. The largest absolute Gasteiger partial charge is 0.323 e. The Morgan fingerprint density at radius 3 is 2.86 bits per heavy atom. The molecule has 1 aliphatic heterocycles. The molecule has 0 radical (unpaired) electrons. The number of nitrogens with zero attached hydrogens (tertiary/aromatic N) is 1. The molecule has 2 aromatic rings. The Kier molecular flexibility index (Phi) is 6.80. The van der Waals surface area contributed by atoms with Crippen LogP contribution in [0.25, 0.3) is 0 Å². The van der Waals surface area contributed by atoms with Crippen molar-refractivity contribution < 1.29 is 9.18 Å². The molecule has 0 saturated heterocycles. The topological polar surface area (TPSA) is 69.8 Å². The van der Waals surface area contributed by atoms with Crippen LogP contribution in [0.3, 0.4) is 0 Å². The van der Waals surface area contributed by atoms with Gasteiger partial charge in [0.1, 0.15) is 5.82 Å². The second kappa shape index (κ2) is 8.12. The van der Waals surface area contributed by atoms with Crippen LogP contribution < -0.4 is 10.6 Å². The second-order valence-electron chi connectivity index (χ2n) is 4.80. The number of H-pyrrole nitrogens is 1. The molecule has 120 valence electrons. The highest BCUT2D eigenvalue weighted by molar-refractivity contribution is 5.92. The lowest BCUT2D eigenvalue weighted by Crippen LogP contribution is -2.25. The summed E-state index contributed by atoms with van der Waals surface area (Å²) in [6.07, 6.45) is 2.37. The van der Waals surface area contributed by atoms with Gasteiger partial charge in [0.15, 0.2) is 0 Å². The van der Waals surface area contributed by atoms with Crippen molar-refractivity contribution in [3.8, 4) is 0 Å². The third-order valence-corrected chi connectivity index (χ3v) is 3.39. The molecule has 0 saturated carbocycles. The fourth-order valence-electron chi connectivity index (χ4n) is 2.38. The molecular formula is C14H17Cl2FN4O. The minimum absolute atomic E-state index is 0. The van der Waals surface area contributed by atoms with E-state index < -0.39 is 0 Å². The molecule has 1 amide bonds. The lowest BCUT2D eigenvalue weighted by molar-refractivity contribution is -0.115. The fraction of sp³-hybridized carbons (Fsp3) is 0.286. The molecule has 0 aliphatic carbocycles. The predicted molar refractivity (Wildman–Crippen MR) is 87.2 cm³/mol. The number of hydrogen-bond donors (Lipinski definition) is 3. The summed E-state index contributed by atoms with van der Waals surface area (Å²) in [7, 11) is 0. The monoisotopic (exact) mass is 346 g/mol. The van der Waals surface area contributed by atoms with Crippen LogP contribution in [0.5, 0.6) is 0 Å². The van der Waals surface area contributed by atoms with Crippen LogP contribution in [-0.2, 0) is 24.2 Å². The first-order valence-electron chi connectivity index (χ1n) is 6.53. The smallest absolute Gasteiger partial charge is 0.230 e. The van der Waals surface area contributed by atoms with E-state index in [1.54, 1.807) is 18.3 Å². The number of hydrogen-bond acceptors (Lipinski definition) is 3. The van der Waals surface area contributed by atoms with Crippen molar-refractivity contribution in [1.29, 1.82) is 0 Å². The van der Waals surface area contributed by atoms with Gasteiger partial charge in [-0.15, -0.1) is 24.8 Å². The predicted octanol–water partition coefficient (Wildman–Crippen LogP) is 2.22. The van der Waals surface area contributed by atoms with E-state index >= 15 is 0 Å². The van der Waals surface area contributed by atoms with Crippen molar-refractivity contribution in [1.82, 2.24) is 15.5 Å². The van der Waals surface area contributed by atoms with Crippen molar-refractivity contribution in [2.45, 2.75) is 19.4 Å². The third-order valence-electron chi connectivity index (χ3n) is 3.39. The number of nitrogens with one attached hydrogen (secondary N) is 3. The highest BCUT2D eigenvalue weighted by Crippen LogP contribution is 2.24. The molecular weight excluding hydrogens is 330 g/mol. The zero-order chi connectivity index (χ0) is 13.9. The molecule has 0 unspecified atom stereocenters. The lowest BCUT2D eigenvalue weighted by Gasteiger charge is -2.19. The summed E-state index contributed by atoms with van der Waals surface area (Å²) >= 11 is 0. The maximum absolute atomic E-state index is 14.3. The molecule has 1 aromatic carbocycles. The minimum atomic E-state index is -0.318. The number of amides is 1. The van der Waals surface area contributed by atoms with Gasteiger partial charge >= 0.3 is 0 Å². The van der Waals surface area contributed by atoms with Crippen LogP contribution in [0.15, 0.2) is 24.4 Å². The van der Waals surface area contributed by atoms with Gasteiger partial charge in [-0.1, -0.05) is 6.07 Å². The summed E-state index contributed by atoms with van der Waals surface area (Å²) < 4.78 is 14.3. The molecule has 3 rings (SSSR count). The normalized spacial score (nSPS) is 12.6. The van der Waals surface area contributed by atoms with Crippen molar-refractivity contribution in [3.63, 3.8) is 0 Å². The third kappa shape index (κ3) is 3.97. The van der Waals surface area contributed by atoms with E-state index in [0.717, 1.165) is 12.1 Å². The molecule has 0 spiro atoms. The molecule has 22 heavy (non-hydrogen) atoms. The SMILES string of the molecule is Cl.Cl.O=C(Cc1ccn[nH]1)Nc1ccc2c(c1F)CCNC2. The van der Waals surface area contributed by atoms with Gasteiger partial charge in [0, 0.05) is 18.4 Å². The van der Waals surface area contributed by atoms with Crippen molar-refractivity contribution in [2.24, 2.45) is 0 Å². The molecule has 5 nitrogen and oxygen atoms in total. The first-order chi connectivity index (χ1) is 9.74. The van der Waals surface area contributed by atoms with Gasteiger partial charge in [-0.3, -0.25) is 9.89 Å². The number of aromatic amines is 1. The Hall–Kier alpha value is -1.63. The minimum Gasteiger partial charge on any atom is -0.323 e. The number of rotatable bonds is 3. The summed E-state index contributed by atoms with van der Waals surface area (Å²) in [5, 5.41) is 12.3. The van der Waals surface area contributed by atoms with Crippen LogP contribution in [0, 0.1) is 5.82 Å². The standard InChI is InChI=1S/C14H15FN4O.2ClH/c15-14-11-4-5-16-8-9(11)1-2-12(14)18-13(20)7-10-3-6-17-19-10;;/h1-3,6,16H,4-5,7-8H2,(H,17,19)(H,18,20);2*1H. The van der Waals surface area contributed by atoms with E-state index in [0.29, 0.717) is 24.2 Å². The summed E-state index contributed by atoms with van der Waals surface area (Å²) in [5.74, 6) is -0.580. The van der Waals surface area contributed by atoms with Gasteiger partial charge in [0.2, 0.25) is 5.91 Å². The van der Waals surface area contributed by atoms with Crippen LogP contribution in [0.1, 0.15) is 16.8 Å². The maximum atomic E-state index is 14.3.